The molecule has 1 nitrogen and oxygen atoms in total. The number of nitrogens with zero attached hydrogens (tertiary/aromatic N) is 1. The van der Waals surface area contributed by atoms with E-state index in [0.717, 1.165) is 5.52 Å². The summed E-state index contributed by atoms with van der Waals surface area (Å²) in [5.41, 5.74) is 1.16. The maximum absolute atomic E-state index is 3.07. The van der Waals surface area contributed by atoms with Crippen LogP contribution >= 0.6 is 0 Å². The van der Waals surface area contributed by atoms with Crippen LogP contribution in [-0.4, -0.2) is 0 Å². The van der Waals surface area contributed by atoms with Crippen LogP contribution in [0.4, 0.5) is 0 Å². The topological polar surface area (TPSA) is 3.88 Å². The van der Waals surface area contributed by atoms with Gasteiger partial charge in [0, 0.05) is 17.5 Å². The van der Waals surface area contributed by atoms with Gasteiger partial charge in [0.15, 0.2) is 0 Å². The summed E-state index contributed by atoms with van der Waals surface area (Å²) < 4.78 is 1.96. The quantitative estimate of drug-likeness (QED) is 0.488. The van der Waals surface area contributed by atoms with Crippen LogP contribution in [0.25, 0.3) is 10.9 Å². The zero-order valence-corrected chi connectivity index (χ0v) is 6.33. The fourth-order valence-electron chi connectivity index (χ4n) is 1.17. The van der Waals surface area contributed by atoms with Gasteiger partial charge in [-0.2, -0.15) is 4.57 Å². The van der Waals surface area contributed by atoms with Crippen molar-refractivity contribution >= 4 is 10.9 Å². The molecule has 0 atom stereocenters. The van der Waals surface area contributed by atoms with Crippen molar-refractivity contribution in [1.82, 2.24) is 0 Å². The second-order valence-electron chi connectivity index (χ2n) is 2.51. The summed E-state index contributed by atoms with van der Waals surface area (Å²) in [4.78, 5) is 0. The number of aryl methyl sites for hydroxylation is 1. The minimum absolute atomic E-state index is 1.16. The van der Waals surface area contributed by atoms with E-state index in [9.17, 15) is 0 Å². The van der Waals surface area contributed by atoms with Crippen molar-refractivity contribution in [3.8, 4) is 0 Å². The first-order chi connectivity index (χ1) is 5.38. The summed E-state index contributed by atoms with van der Waals surface area (Å²) >= 11 is 0. The van der Waals surface area contributed by atoms with Crippen LogP contribution < -0.4 is 4.57 Å². The predicted octanol–water partition coefficient (Wildman–Crippen LogP) is 1.26. The van der Waals surface area contributed by atoms with Crippen molar-refractivity contribution in [2.24, 2.45) is 7.05 Å². The zero-order valence-electron chi connectivity index (χ0n) is 6.33. The third kappa shape index (κ3) is 0.984. The summed E-state index contributed by atoms with van der Waals surface area (Å²) in [5.74, 6) is 0. The molecule has 0 unspecified atom stereocenters. The Hall–Kier alpha value is -1.37. The highest BCUT2D eigenvalue weighted by Crippen LogP contribution is 2.05. The molecule has 2 radical (unpaired) electrons. The minimum Gasteiger partial charge on any atom is -0.189 e. The molecule has 0 spiro atoms. The van der Waals surface area contributed by atoms with Crippen molar-refractivity contribution in [1.29, 1.82) is 0 Å². The first kappa shape index (κ1) is 6.35. The molecule has 0 amide bonds. The van der Waals surface area contributed by atoms with Gasteiger partial charge in [-0.25, -0.2) is 0 Å². The lowest BCUT2D eigenvalue weighted by Gasteiger charge is -1.91. The van der Waals surface area contributed by atoms with Gasteiger partial charge >= 0.3 is 0 Å². The maximum Gasteiger partial charge on any atom is 0.277 e. The van der Waals surface area contributed by atoms with E-state index in [2.05, 4.69) is 12.3 Å². The first-order valence-electron chi connectivity index (χ1n) is 3.54. The number of aromatic nitrogens is 1. The highest BCUT2D eigenvalue weighted by Gasteiger charge is 2.00. The third-order valence-electron chi connectivity index (χ3n) is 1.77. The normalized spacial score (nSPS) is 10.3. The van der Waals surface area contributed by atoms with Gasteiger partial charge in [0.1, 0.15) is 7.05 Å². The largest absolute Gasteiger partial charge is 0.277 e. The molecule has 1 aromatic heterocycles. The SMILES string of the molecule is C[n+]1[c]ccc2cc[c]cc21. The minimum atomic E-state index is 1.16. The van der Waals surface area contributed by atoms with Crippen LogP contribution in [0, 0.1) is 12.3 Å². The number of rotatable bonds is 0. The lowest BCUT2D eigenvalue weighted by molar-refractivity contribution is -0.649. The second kappa shape index (κ2) is 2.35. The lowest BCUT2D eigenvalue weighted by atomic mass is 10.2. The van der Waals surface area contributed by atoms with E-state index in [-0.39, 0.29) is 0 Å². The van der Waals surface area contributed by atoms with Crippen LogP contribution in [0.3, 0.4) is 0 Å². The Bertz CT molecular complexity index is 374. The van der Waals surface area contributed by atoms with Gasteiger partial charge in [0.05, 0.1) is 0 Å². The molecule has 0 saturated carbocycles. The molecule has 1 heteroatoms. The zero-order chi connectivity index (χ0) is 7.68. The van der Waals surface area contributed by atoms with Crippen LogP contribution in [0.5, 0.6) is 0 Å². The molecular weight excluding hydrogens is 134 g/mol. The van der Waals surface area contributed by atoms with Gasteiger partial charge in [-0.3, -0.25) is 0 Å². The molecule has 2 rings (SSSR count). The van der Waals surface area contributed by atoms with E-state index in [1.165, 1.54) is 5.39 Å². The molecule has 0 aliphatic rings. The van der Waals surface area contributed by atoms with Gasteiger partial charge in [-0.15, -0.1) is 0 Å². The molecule has 0 aliphatic carbocycles. The Labute approximate surface area is 65.9 Å². The van der Waals surface area contributed by atoms with E-state index >= 15 is 0 Å². The fraction of sp³-hybridized carbons (Fsp3) is 0.100. The summed E-state index contributed by atoms with van der Waals surface area (Å²) in [6, 6.07) is 12.9. The Kier molecular flexibility index (Phi) is 1.35. The van der Waals surface area contributed by atoms with Crippen molar-refractivity contribution in [3.05, 3.63) is 42.6 Å². The maximum atomic E-state index is 3.07. The van der Waals surface area contributed by atoms with E-state index in [1.807, 2.05) is 41.9 Å². The fourth-order valence-corrected chi connectivity index (χ4v) is 1.17. The van der Waals surface area contributed by atoms with Crippen molar-refractivity contribution < 1.29 is 4.57 Å². The highest BCUT2D eigenvalue weighted by molar-refractivity contribution is 5.74. The van der Waals surface area contributed by atoms with Gasteiger partial charge in [-0.1, -0.05) is 6.07 Å². The van der Waals surface area contributed by atoms with E-state index < -0.39 is 0 Å². The Morgan fingerprint density at radius 3 is 2.91 bits per heavy atom. The predicted molar refractivity (Wildman–Crippen MR) is 42.8 cm³/mol. The van der Waals surface area contributed by atoms with Crippen LogP contribution in [-0.2, 0) is 7.05 Å². The van der Waals surface area contributed by atoms with Gasteiger partial charge in [0.25, 0.3) is 6.20 Å². The second-order valence-corrected chi connectivity index (χ2v) is 2.51. The standard InChI is InChI=1S/C10H8N/c1-11-8-4-6-9-5-2-3-7-10(9)11/h2,4-7H,1H3/q+1. The molecule has 0 saturated heterocycles. The first-order valence-corrected chi connectivity index (χ1v) is 3.54. The number of hydrogen-bond acceptors (Lipinski definition) is 0. The van der Waals surface area contributed by atoms with E-state index in [1.54, 1.807) is 0 Å². The molecule has 2 aromatic rings. The molecular formula is C10H8N+. The number of fused-ring (bicyclic) bond motifs is 1. The number of hydrogen-bond donors (Lipinski definition) is 0. The van der Waals surface area contributed by atoms with Crippen molar-refractivity contribution in [2.75, 3.05) is 0 Å². The monoisotopic (exact) mass is 142 g/mol. The van der Waals surface area contributed by atoms with Crippen molar-refractivity contribution in [3.63, 3.8) is 0 Å². The molecule has 0 aliphatic heterocycles. The molecule has 0 bridgehead atoms. The van der Waals surface area contributed by atoms with Crippen molar-refractivity contribution in [2.45, 2.75) is 0 Å². The average Bonchev–Trinajstić information content (AvgIpc) is 2.06. The molecule has 52 valence electrons. The van der Waals surface area contributed by atoms with Gasteiger partial charge in [-0.05, 0) is 18.2 Å². The molecule has 1 aromatic carbocycles. The van der Waals surface area contributed by atoms with Crippen LogP contribution in [0.1, 0.15) is 0 Å². The van der Waals surface area contributed by atoms with Crippen LogP contribution in [0.15, 0.2) is 30.3 Å². The smallest absolute Gasteiger partial charge is 0.189 e. The summed E-state index contributed by atoms with van der Waals surface area (Å²) in [5, 5.41) is 1.23. The van der Waals surface area contributed by atoms with E-state index in [0.29, 0.717) is 0 Å². The highest BCUT2D eigenvalue weighted by atomic mass is 14.9. The van der Waals surface area contributed by atoms with Crippen LogP contribution in [0.2, 0.25) is 0 Å². The number of benzene rings is 1. The van der Waals surface area contributed by atoms with Gasteiger partial charge < -0.3 is 0 Å². The Morgan fingerprint density at radius 1 is 1.27 bits per heavy atom. The lowest BCUT2D eigenvalue weighted by Crippen LogP contribution is -2.28. The molecule has 11 heavy (non-hydrogen) atoms. The van der Waals surface area contributed by atoms with E-state index in [4.69, 9.17) is 0 Å². The summed E-state index contributed by atoms with van der Waals surface area (Å²) in [7, 11) is 1.98. The average molecular weight is 142 g/mol. The molecule has 1 heterocycles. The molecule has 0 fully saturated rings. The summed E-state index contributed by atoms with van der Waals surface area (Å²) in [6.07, 6.45) is 3.07. The Balaban J connectivity index is 2.91. The molecule has 0 N–H and O–H groups in total. The summed E-state index contributed by atoms with van der Waals surface area (Å²) in [6.45, 7) is 0. The number of pyridine rings is 1. The Morgan fingerprint density at radius 2 is 2.09 bits per heavy atom. The van der Waals surface area contributed by atoms with Gasteiger partial charge in [0.2, 0.25) is 5.52 Å². The third-order valence-corrected chi connectivity index (χ3v) is 1.77.